The summed E-state index contributed by atoms with van der Waals surface area (Å²) in [4.78, 5) is 198. The number of aryl methyl sites for hydroxylation is 4. The number of alkyl carbamates (subject to hydrolysis) is 2. The van der Waals surface area contributed by atoms with E-state index in [0.717, 1.165) is 33.4 Å². The van der Waals surface area contributed by atoms with Gasteiger partial charge in [-0.3, -0.25) is 56.5 Å². The van der Waals surface area contributed by atoms with Crippen LogP contribution in [-0.4, -0.2) is 232 Å². The Kier molecular flexibility index (Phi) is 39.0. The zero-order valence-corrected chi connectivity index (χ0v) is 84.6. The monoisotopic (exact) mass is 2210 g/mol. The molecule has 10 aromatic rings. The molecule has 60 nitrogen and oxygen atoms in total. The molecule has 0 aliphatic carbocycles. The molecule has 0 spiro atoms. The quantitative estimate of drug-likeness (QED) is 0.00699. The number of nitrogens with two attached hydrogens (primary N) is 2. The number of carbonyl (C=O) groups is 4. The van der Waals surface area contributed by atoms with Gasteiger partial charge < -0.3 is 129 Å². The van der Waals surface area contributed by atoms with Crippen LogP contribution in [-0.2, 0) is 130 Å². The second-order valence-electron chi connectivity index (χ2n) is 32.6. The molecule has 2 aliphatic heterocycles. The first kappa shape index (κ1) is 115. The minimum Gasteiger partial charge on any atom is -0.756 e. The highest BCUT2D eigenvalue weighted by Crippen LogP contribution is 2.67. The minimum atomic E-state index is -5.97. The summed E-state index contributed by atoms with van der Waals surface area (Å²) >= 11 is 0. The Morgan fingerprint density at radius 1 is 0.507 bits per heavy atom. The van der Waals surface area contributed by atoms with Gasteiger partial charge in [0.05, 0.1) is 58.7 Å². The van der Waals surface area contributed by atoms with Crippen molar-refractivity contribution < 1.29 is 194 Å². The van der Waals surface area contributed by atoms with Gasteiger partial charge in [-0.25, -0.2) is 81.2 Å². The maximum Gasteiger partial charge on any atom is 0.487 e. The molecule has 14 atom stereocenters. The molecule has 4 amide bonds. The van der Waals surface area contributed by atoms with E-state index in [1.165, 1.54) is 35.9 Å². The first-order chi connectivity index (χ1) is 68.4. The highest BCUT2D eigenvalue weighted by Gasteiger charge is 2.54. The van der Waals surface area contributed by atoms with Crippen LogP contribution in [0, 0.1) is 0 Å². The number of amides is 4. The number of phosphoric ester groups is 2. The number of phosphoric acid groups is 6. The van der Waals surface area contributed by atoms with Crippen LogP contribution in [0.1, 0.15) is 90.5 Å². The van der Waals surface area contributed by atoms with Crippen molar-refractivity contribution in [3.05, 3.63) is 152 Å². The summed E-state index contributed by atoms with van der Waals surface area (Å²) < 4.78 is 202. The SMILES string of the molecule is CCN(CCCCCC(=O)NCCNC(=O)O[C@@H]1[C@H](O)[C@@H](COP(=O)(O)OP(=O)(O)OP(=O)([O-])O)O[C@H]1[n+]1cn(C)c2c(=O)[nH]c(N)nc21)c1ccc2cc(-c3cc[n+](CCCS(=O)(=O)[O-])cc3)c(=O)oc2c1.CCN(CCCCCC(=O)NCCNC(=O)O[C@H]1[C@@H](O)[C@H]([n+]2cn(C)c3c(=O)[nH]c(N)nc32)O[C@@H]1COP(=O)(O)OP(=O)(O)OP(=O)([O-])O)c1ccc2cc(-c3cc[n+](CCCS(=O)(=O)[O-])cc3)c(=O)oc2c1. The summed E-state index contributed by atoms with van der Waals surface area (Å²) in [5, 5.41) is 34.0. The fourth-order valence-corrected chi connectivity index (χ4v) is 22.4. The third kappa shape index (κ3) is 33.5. The number of hydrogen-bond acceptors (Lipinski definition) is 42. The molecule has 6 unspecified atom stereocenters. The number of hydrogen-bond donors (Lipinski definition) is 16. The topological polar surface area (TPSA) is 869 Å². The molecule has 2 aromatic carbocycles. The Balaban J connectivity index is 0.000000278. The number of carbonyl (C=O) groups excluding carboxylic acids is 4. The second kappa shape index (κ2) is 49.4. The fourth-order valence-electron chi connectivity index (χ4n) is 15.4. The van der Waals surface area contributed by atoms with E-state index in [0.29, 0.717) is 109 Å². The maximum absolute atomic E-state index is 13.0. The molecule has 8 aromatic heterocycles. The fraction of sp³-hybridized carbons (Fsp3) is 0.462. The Morgan fingerprint density at radius 3 is 1.29 bits per heavy atom. The molecule has 800 valence electrons. The van der Waals surface area contributed by atoms with Gasteiger partial charge in [0.2, 0.25) is 35.3 Å². The zero-order chi connectivity index (χ0) is 107. The molecule has 0 bridgehead atoms. The average molecular weight is 2220 g/mol. The van der Waals surface area contributed by atoms with Crippen molar-refractivity contribution in [2.75, 3.05) is 98.3 Å². The van der Waals surface area contributed by atoms with Crippen LogP contribution in [0.3, 0.4) is 0 Å². The molecule has 2 aliphatic rings. The first-order valence-electron chi connectivity index (χ1n) is 44.1. The number of unbranched alkanes of at least 4 members (excludes halogenated alkanes) is 4. The van der Waals surface area contributed by atoms with Crippen LogP contribution >= 0.6 is 46.9 Å². The summed E-state index contributed by atoms with van der Waals surface area (Å²) in [6.45, 7) is 4.38. The smallest absolute Gasteiger partial charge is 0.487 e. The molecule has 68 heteroatoms. The zero-order valence-electron chi connectivity index (χ0n) is 77.6. The number of aliphatic hydroxyl groups is 2. The lowest BCUT2D eigenvalue weighted by Gasteiger charge is -2.23. The van der Waals surface area contributed by atoms with Crippen LogP contribution in [0.4, 0.5) is 32.9 Å². The van der Waals surface area contributed by atoms with E-state index in [1.54, 1.807) is 82.5 Å². The summed E-state index contributed by atoms with van der Waals surface area (Å²) in [6, 6.07) is 21.4. The predicted molar refractivity (Wildman–Crippen MR) is 497 cm³/mol. The van der Waals surface area contributed by atoms with E-state index in [-0.39, 0.29) is 97.9 Å². The van der Waals surface area contributed by atoms with Gasteiger partial charge in [-0.15, -0.1) is 0 Å². The number of aromatic amines is 2. The normalized spacial score (nSPS) is 19.5. The lowest BCUT2D eigenvalue weighted by Crippen LogP contribution is -2.49. The van der Waals surface area contributed by atoms with Gasteiger partial charge in [0.1, 0.15) is 42.6 Å². The van der Waals surface area contributed by atoms with Crippen molar-refractivity contribution in [1.29, 1.82) is 0 Å². The number of H-pyrrole nitrogens is 2. The van der Waals surface area contributed by atoms with Gasteiger partial charge in [-0.2, -0.15) is 8.62 Å². The number of pyridine rings is 2. The molecule has 2 fully saturated rings. The molecule has 0 radical (unpaired) electrons. The number of fused-ring (bicyclic) bond motifs is 4. The van der Waals surface area contributed by atoms with Gasteiger partial charge >= 0.3 is 66.0 Å². The van der Waals surface area contributed by atoms with Crippen molar-refractivity contribution in [2.45, 2.75) is 140 Å². The van der Waals surface area contributed by atoms with Crippen molar-refractivity contribution in [3.63, 3.8) is 0 Å². The van der Waals surface area contributed by atoms with Gasteiger partial charge in [0.25, 0.3) is 38.7 Å². The molecule has 12 rings (SSSR count). The maximum atomic E-state index is 13.0. The summed E-state index contributed by atoms with van der Waals surface area (Å²) in [5.74, 6) is -2.24. The third-order valence-corrected chi connectivity index (χ3v) is 31.1. The van der Waals surface area contributed by atoms with Crippen molar-refractivity contribution in [1.82, 2.24) is 50.3 Å². The molecular weight excluding hydrogens is 2110 g/mol. The first-order valence-corrected chi connectivity index (χ1v) is 56.2. The number of aromatic nitrogens is 10. The number of imidazole rings is 2. The lowest BCUT2D eigenvalue weighted by atomic mass is 10.1. The Labute approximate surface area is 825 Å². The van der Waals surface area contributed by atoms with Crippen molar-refractivity contribution >= 4 is 159 Å². The number of aliphatic hydroxyl groups excluding tert-OH is 2. The van der Waals surface area contributed by atoms with Gasteiger partial charge in [-0.05, 0) is 75.9 Å². The molecule has 10 heterocycles. The number of benzene rings is 2. The summed E-state index contributed by atoms with van der Waals surface area (Å²) in [5.41, 5.74) is 13.0. The summed E-state index contributed by atoms with van der Waals surface area (Å²) in [7, 11) is -41.0. The van der Waals surface area contributed by atoms with Crippen molar-refractivity contribution in [2.24, 2.45) is 14.1 Å². The van der Waals surface area contributed by atoms with Gasteiger partial charge in [-0.1, -0.05) is 22.8 Å². The van der Waals surface area contributed by atoms with E-state index < -0.39 is 176 Å². The molecular formula is C78H104N18O42P6S2. The Bertz CT molecular complexity index is 7220. The molecule has 0 saturated carbocycles. The number of ether oxygens (including phenoxy) is 4. The number of anilines is 4. The number of nitrogens with one attached hydrogen (secondary N) is 6. The van der Waals surface area contributed by atoms with E-state index in [1.807, 2.05) is 38.1 Å². The van der Waals surface area contributed by atoms with Crippen LogP contribution in [0.5, 0.6) is 0 Å². The standard InChI is InChI=1S/2C39H52N9O21P3S/c1-3-47(26-10-9-25-20-27(37(52)66-28(25)21-26)24-11-17-46(18-12-24)15-7-19-73(61,62)63)16-6-4-5-8-30(49)41-13-14-42-39(53)67-33-29(22-64-71(57,58)69-72(59,60)68-70(54,55)56)65-36(32(33)50)48-23-45(2)31-34(48)43-38(40)44-35(31)51;1-3-47(26-10-9-25-20-27(37(52)66-28(25)21-26)24-11-17-46(18-12-24)15-7-19-73(61,62)63)16-6-4-5-8-30(49)41-13-14-42-39(53)67-33-32(50)29(22-64-71(57,58)69-72(59,60)68-70(54,55)56)65-36(33)48-23-45(2)31-34(48)43-38(40)44-35(31)51/h2*9-12,17-18,20-21,23,29,32-33,36,50H,3-8,13-16,19,22H2,1-2H3,(H8-2,40,41,42,43,44,49,51,53,54,55,56,57,58,59,60,61,62,63)/t2*29-,32-,33-,36-/m11/s1. The lowest BCUT2D eigenvalue weighted by molar-refractivity contribution is -0.746. The molecule has 18 N–H and O–H groups in total. The number of rotatable bonds is 50. The van der Waals surface area contributed by atoms with E-state index in [9.17, 15) is 131 Å². The van der Waals surface area contributed by atoms with Crippen LogP contribution < -0.4 is 93.0 Å². The third-order valence-electron chi connectivity index (χ3n) is 21.9. The van der Waals surface area contributed by atoms with Gasteiger partial charge in [0, 0.05) is 159 Å². The molecule has 146 heavy (non-hydrogen) atoms. The summed E-state index contributed by atoms with van der Waals surface area (Å²) in [6.07, 6.45) is -2.33. The second-order valence-corrected chi connectivity index (χ2v) is 44.4. The van der Waals surface area contributed by atoms with Crippen molar-refractivity contribution in [3.8, 4) is 22.3 Å². The number of nitrogens with zero attached hydrogens (tertiary/aromatic N) is 10. The van der Waals surface area contributed by atoms with E-state index in [2.05, 4.69) is 77.3 Å². The Hall–Kier alpha value is -11.0. The average Bonchev–Trinajstić information content (AvgIpc) is 1.72. The van der Waals surface area contributed by atoms with E-state index in [4.69, 9.17) is 49.0 Å². The molecule has 2 saturated heterocycles. The highest BCUT2D eigenvalue weighted by atomic mass is 32.2. The minimum absolute atomic E-state index is 0.0403. The van der Waals surface area contributed by atoms with Crippen LogP contribution in [0.2, 0.25) is 0 Å². The van der Waals surface area contributed by atoms with Crippen LogP contribution in [0.25, 0.3) is 66.5 Å². The van der Waals surface area contributed by atoms with Crippen LogP contribution in [0.15, 0.2) is 138 Å². The van der Waals surface area contributed by atoms with E-state index >= 15 is 0 Å². The van der Waals surface area contributed by atoms with Gasteiger partial charge in [0.15, 0.2) is 55.8 Å². The predicted octanol–water partition coefficient (Wildman–Crippen LogP) is -1.21. The Morgan fingerprint density at radius 2 is 0.890 bits per heavy atom. The highest BCUT2D eigenvalue weighted by molar-refractivity contribution is 7.85. The number of nitrogen functional groups attached to an aromatic ring is 2. The largest absolute Gasteiger partial charge is 0.756 e.